The molecule has 2 unspecified atom stereocenters. The average molecular weight is 324 g/mol. The first-order valence-corrected chi connectivity index (χ1v) is 9.49. The van der Waals surface area contributed by atoms with Gasteiger partial charge in [0.1, 0.15) is 6.04 Å². The van der Waals surface area contributed by atoms with E-state index in [0.717, 1.165) is 19.1 Å². The van der Waals surface area contributed by atoms with E-state index in [1.54, 1.807) is 36.1 Å². The van der Waals surface area contributed by atoms with Crippen molar-refractivity contribution >= 4 is 21.6 Å². The van der Waals surface area contributed by atoms with E-state index < -0.39 is 16.1 Å². The van der Waals surface area contributed by atoms with E-state index in [1.807, 2.05) is 6.07 Å². The Balaban J connectivity index is 2.26. The highest BCUT2D eigenvalue weighted by Crippen LogP contribution is 2.23. The van der Waals surface area contributed by atoms with Crippen LogP contribution >= 0.6 is 0 Å². The lowest BCUT2D eigenvalue weighted by Gasteiger charge is -2.36. The van der Waals surface area contributed by atoms with Crippen molar-refractivity contribution in [3.63, 3.8) is 0 Å². The van der Waals surface area contributed by atoms with Crippen LogP contribution in [-0.4, -0.2) is 44.6 Å². The second-order valence-corrected chi connectivity index (χ2v) is 7.96. The monoisotopic (exact) mass is 324 g/mol. The third-order valence-corrected chi connectivity index (χ3v) is 5.29. The van der Waals surface area contributed by atoms with E-state index in [9.17, 15) is 13.2 Å². The van der Waals surface area contributed by atoms with Gasteiger partial charge in [-0.1, -0.05) is 25.1 Å². The van der Waals surface area contributed by atoms with Gasteiger partial charge in [-0.05, 0) is 37.8 Å². The van der Waals surface area contributed by atoms with Gasteiger partial charge in [-0.3, -0.25) is 9.10 Å². The fourth-order valence-electron chi connectivity index (χ4n) is 3.03. The molecule has 0 spiro atoms. The molecule has 0 bridgehead atoms. The number of sulfonamides is 1. The highest BCUT2D eigenvalue weighted by molar-refractivity contribution is 7.92. The van der Waals surface area contributed by atoms with E-state index in [0.29, 0.717) is 24.7 Å². The van der Waals surface area contributed by atoms with Crippen LogP contribution in [0, 0.1) is 5.92 Å². The number of likely N-dealkylation sites (tertiary alicyclic amines) is 1. The van der Waals surface area contributed by atoms with Crippen LogP contribution in [0.2, 0.25) is 0 Å². The summed E-state index contributed by atoms with van der Waals surface area (Å²) in [6, 6.07) is 8.06. The Labute approximate surface area is 133 Å². The van der Waals surface area contributed by atoms with Gasteiger partial charge in [-0.2, -0.15) is 0 Å². The van der Waals surface area contributed by atoms with Gasteiger partial charge in [0, 0.05) is 13.1 Å². The Morgan fingerprint density at radius 3 is 2.50 bits per heavy atom. The third kappa shape index (κ3) is 3.80. The number of benzene rings is 1. The summed E-state index contributed by atoms with van der Waals surface area (Å²) in [6.45, 7) is 5.20. The summed E-state index contributed by atoms with van der Waals surface area (Å²) in [4.78, 5) is 14.5. The van der Waals surface area contributed by atoms with E-state index in [4.69, 9.17) is 0 Å². The molecule has 5 nitrogen and oxygen atoms in total. The zero-order valence-electron chi connectivity index (χ0n) is 13.4. The second-order valence-electron chi connectivity index (χ2n) is 6.10. The molecule has 1 aliphatic heterocycles. The number of hydrogen-bond acceptors (Lipinski definition) is 3. The van der Waals surface area contributed by atoms with Crippen molar-refractivity contribution in [1.29, 1.82) is 0 Å². The summed E-state index contributed by atoms with van der Waals surface area (Å²) >= 11 is 0. The maximum Gasteiger partial charge on any atom is 0.246 e. The van der Waals surface area contributed by atoms with Gasteiger partial charge in [0.25, 0.3) is 0 Å². The Morgan fingerprint density at radius 2 is 1.95 bits per heavy atom. The molecule has 1 heterocycles. The summed E-state index contributed by atoms with van der Waals surface area (Å²) in [5, 5.41) is 0. The number of hydrogen-bond donors (Lipinski definition) is 0. The maximum absolute atomic E-state index is 12.7. The Bertz CT molecular complexity index is 616. The highest BCUT2D eigenvalue weighted by atomic mass is 32.2. The van der Waals surface area contributed by atoms with Gasteiger partial charge in [0.05, 0.1) is 11.9 Å². The zero-order valence-corrected chi connectivity index (χ0v) is 14.2. The van der Waals surface area contributed by atoms with Gasteiger partial charge < -0.3 is 4.90 Å². The number of carbonyl (C=O) groups is 1. The van der Waals surface area contributed by atoms with E-state index in [2.05, 4.69) is 6.92 Å². The molecule has 1 aromatic carbocycles. The quantitative estimate of drug-likeness (QED) is 0.852. The fraction of sp³-hybridized carbons (Fsp3) is 0.562. The molecule has 1 amide bonds. The van der Waals surface area contributed by atoms with E-state index >= 15 is 0 Å². The summed E-state index contributed by atoms with van der Waals surface area (Å²) in [6.07, 6.45) is 3.24. The minimum absolute atomic E-state index is 0.124. The lowest BCUT2D eigenvalue weighted by molar-refractivity contribution is -0.133. The minimum atomic E-state index is -3.53. The SMILES string of the molecule is CC1CCCN(C(=O)C(C)N(c2ccccc2)S(C)(=O)=O)C1. The summed E-state index contributed by atoms with van der Waals surface area (Å²) in [5.41, 5.74) is 0.524. The molecular formula is C16H24N2O3S. The van der Waals surface area contributed by atoms with Crippen LogP contribution in [-0.2, 0) is 14.8 Å². The van der Waals surface area contributed by atoms with Crippen LogP contribution in [0.15, 0.2) is 30.3 Å². The first kappa shape index (κ1) is 16.8. The molecule has 0 radical (unpaired) electrons. The van der Waals surface area contributed by atoms with Crippen molar-refractivity contribution in [2.75, 3.05) is 23.7 Å². The number of anilines is 1. The summed E-state index contributed by atoms with van der Waals surface area (Å²) < 4.78 is 25.6. The van der Waals surface area contributed by atoms with Crippen molar-refractivity contribution in [2.24, 2.45) is 5.92 Å². The maximum atomic E-state index is 12.7. The first-order chi connectivity index (χ1) is 10.3. The van der Waals surface area contributed by atoms with Gasteiger partial charge in [-0.25, -0.2) is 8.42 Å². The van der Waals surface area contributed by atoms with E-state index in [-0.39, 0.29) is 5.91 Å². The number of piperidine rings is 1. The van der Waals surface area contributed by atoms with Crippen LogP contribution in [0.25, 0.3) is 0 Å². The number of nitrogens with zero attached hydrogens (tertiary/aromatic N) is 2. The van der Waals surface area contributed by atoms with Crippen LogP contribution in [0.5, 0.6) is 0 Å². The molecule has 6 heteroatoms. The normalized spacial score (nSPS) is 20.5. The van der Waals surface area contributed by atoms with E-state index in [1.165, 1.54) is 4.31 Å². The van der Waals surface area contributed by atoms with Crippen molar-refractivity contribution in [1.82, 2.24) is 4.90 Å². The molecule has 1 fully saturated rings. The Hall–Kier alpha value is -1.56. The molecular weight excluding hydrogens is 300 g/mol. The Morgan fingerprint density at radius 1 is 1.32 bits per heavy atom. The predicted molar refractivity (Wildman–Crippen MR) is 88.2 cm³/mol. The molecule has 1 aromatic rings. The summed E-state index contributed by atoms with van der Waals surface area (Å²) in [5.74, 6) is 0.342. The number of carbonyl (C=O) groups excluding carboxylic acids is 1. The van der Waals surface area contributed by atoms with Crippen molar-refractivity contribution in [3.8, 4) is 0 Å². The highest BCUT2D eigenvalue weighted by Gasteiger charge is 2.33. The number of rotatable bonds is 4. The van der Waals surface area contributed by atoms with Crippen molar-refractivity contribution in [2.45, 2.75) is 32.7 Å². The molecule has 0 aliphatic carbocycles. The molecule has 0 N–H and O–H groups in total. The average Bonchev–Trinajstić information content (AvgIpc) is 2.46. The largest absolute Gasteiger partial charge is 0.341 e. The van der Waals surface area contributed by atoms with Gasteiger partial charge in [-0.15, -0.1) is 0 Å². The van der Waals surface area contributed by atoms with Crippen molar-refractivity contribution in [3.05, 3.63) is 30.3 Å². The number of para-hydroxylation sites is 1. The van der Waals surface area contributed by atoms with Crippen LogP contribution < -0.4 is 4.31 Å². The molecule has 0 aromatic heterocycles. The number of amides is 1. The molecule has 0 saturated carbocycles. The Kier molecular flexibility index (Phi) is 5.11. The molecule has 1 aliphatic rings. The molecule has 2 atom stereocenters. The second kappa shape index (κ2) is 6.69. The minimum Gasteiger partial charge on any atom is -0.341 e. The van der Waals surface area contributed by atoms with Crippen LogP contribution in [0.4, 0.5) is 5.69 Å². The molecule has 1 saturated heterocycles. The van der Waals surface area contributed by atoms with Crippen molar-refractivity contribution < 1.29 is 13.2 Å². The zero-order chi connectivity index (χ0) is 16.3. The lowest BCUT2D eigenvalue weighted by Crippen LogP contribution is -2.51. The standard InChI is InChI=1S/C16H24N2O3S/c1-13-8-7-11-17(12-13)16(19)14(2)18(22(3,20)21)15-9-5-4-6-10-15/h4-6,9-10,13-14H,7-8,11-12H2,1-3H3. The lowest BCUT2D eigenvalue weighted by atomic mass is 10.00. The van der Waals surface area contributed by atoms with Gasteiger partial charge in [0.2, 0.25) is 15.9 Å². The first-order valence-electron chi connectivity index (χ1n) is 7.64. The molecule has 2 rings (SSSR count). The summed E-state index contributed by atoms with van der Waals surface area (Å²) in [7, 11) is -3.53. The van der Waals surface area contributed by atoms with Gasteiger partial charge >= 0.3 is 0 Å². The van der Waals surface area contributed by atoms with Crippen LogP contribution in [0.1, 0.15) is 26.7 Å². The fourth-order valence-corrected chi connectivity index (χ4v) is 4.20. The van der Waals surface area contributed by atoms with Gasteiger partial charge in [0.15, 0.2) is 0 Å². The third-order valence-electron chi connectivity index (χ3n) is 4.05. The molecule has 122 valence electrons. The molecule has 22 heavy (non-hydrogen) atoms. The topological polar surface area (TPSA) is 57.7 Å². The predicted octanol–water partition coefficient (Wildman–Crippen LogP) is 2.10. The smallest absolute Gasteiger partial charge is 0.246 e. The van der Waals surface area contributed by atoms with Crippen LogP contribution in [0.3, 0.4) is 0 Å².